The van der Waals surface area contributed by atoms with Gasteiger partial charge >= 0.3 is 0 Å². The first kappa shape index (κ1) is 14.6. The fourth-order valence-electron chi connectivity index (χ4n) is 3.83. The molecular weight excluding hydrogens is 264 g/mol. The summed E-state index contributed by atoms with van der Waals surface area (Å²) in [6.07, 6.45) is 8.53. The zero-order valence-electron chi connectivity index (χ0n) is 12.7. The van der Waals surface area contributed by atoms with Gasteiger partial charge in [0.1, 0.15) is 0 Å². The maximum atomic E-state index is 3.85. The van der Waals surface area contributed by atoms with E-state index in [1.807, 2.05) is 11.3 Å². The second-order valence-electron chi connectivity index (χ2n) is 6.61. The van der Waals surface area contributed by atoms with Gasteiger partial charge < -0.3 is 5.32 Å². The van der Waals surface area contributed by atoms with Crippen LogP contribution in [0.15, 0.2) is 17.5 Å². The van der Waals surface area contributed by atoms with Crippen molar-refractivity contribution in [3.8, 4) is 0 Å². The van der Waals surface area contributed by atoms with Gasteiger partial charge in [-0.05, 0) is 50.1 Å². The molecule has 0 bridgehead atoms. The molecule has 0 amide bonds. The van der Waals surface area contributed by atoms with E-state index in [0.29, 0.717) is 6.04 Å². The molecule has 2 nitrogen and oxygen atoms in total. The second-order valence-corrected chi connectivity index (χ2v) is 7.64. The average molecular weight is 292 g/mol. The van der Waals surface area contributed by atoms with Gasteiger partial charge in [-0.15, -0.1) is 11.3 Å². The quantitative estimate of drug-likeness (QED) is 0.909. The van der Waals surface area contributed by atoms with Gasteiger partial charge in [0.25, 0.3) is 0 Å². The van der Waals surface area contributed by atoms with Crippen LogP contribution in [0, 0.1) is 5.92 Å². The molecule has 2 atom stereocenters. The molecule has 3 rings (SSSR count). The Morgan fingerprint density at radius 3 is 2.85 bits per heavy atom. The highest BCUT2D eigenvalue weighted by molar-refractivity contribution is 7.09. The average Bonchev–Trinajstić information content (AvgIpc) is 2.92. The molecule has 3 heteroatoms. The van der Waals surface area contributed by atoms with Crippen LogP contribution in [0.5, 0.6) is 0 Å². The fourth-order valence-corrected chi connectivity index (χ4v) is 4.56. The summed E-state index contributed by atoms with van der Waals surface area (Å²) in [4.78, 5) is 4.23. The van der Waals surface area contributed by atoms with Gasteiger partial charge in [-0.25, -0.2) is 0 Å². The van der Waals surface area contributed by atoms with Crippen LogP contribution in [-0.2, 0) is 6.54 Å². The van der Waals surface area contributed by atoms with E-state index >= 15 is 0 Å². The minimum Gasteiger partial charge on any atom is -0.312 e. The Morgan fingerprint density at radius 2 is 2.10 bits per heavy atom. The molecule has 20 heavy (non-hydrogen) atoms. The third-order valence-electron chi connectivity index (χ3n) is 5.18. The Balaban J connectivity index is 1.64. The van der Waals surface area contributed by atoms with E-state index in [1.165, 1.54) is 56.5 Å². The van der Waals surface area contributed by atoms with E-state index in [9.17, 15) is 0 Å². The lowest BCUT2D eigenvalue weighted by Gasteiger charge is -2.34. The van der Waals surface area contributed by atoms with Crippen molar-refractivity contribution in [1.82, 2.24) is 10.2 Å². The Hall–Kier alpha value is -0.380. The Labute approximate surface area is 127 Å². The van der Waals surface area contributed by atoms with E-state index in [4.69, 9.17) is 0 Å². The molecule has 1 aliphatic carbocycles. The van der Waals surface area contributed by atoms with Gasteiger partial charge in [0.2, 0.25) is 0 Å². The Morgan fingerprint density at radius 1 is 1.25 bits per heavy atom. The number of nitrogens with one attached hydrogen (secondary N) is 1. The molecule has 2 aliphatic rings. The molecule has 1 N–H and O–H groups in total. The smallest absolute Gasteiger partial charge is 0.0331 e. The lowest BCUT2D eigenvalue weighted by atomic mass is 9.83. The topological polar surface area (TPSA) is 15.3 Å². The number of thiophene rings is 1. The maximum absolute atomic E-state index is 3.85. The number of rotatable bonds is 3. The predicted octanol–water partition coefficient (Wildman–Crippen LogP) is 3.88. The van der Waals surface area contributed by atoms with Crippen molar-refractivity contribution in [3.05, 3.63) is 22.4 Å². The van der Waals surface area contributed by atoms with Crippen LogP contribution in [-0.4, -0.2) is 30.1 Å². The molecule has 0 spiro atoms. The van der Waals surface area contributed by atoms with Gasteiger partial charge in [0.15, 0.2) is 0 Å². The molecule has 1 aromatic rings. The first-order valence-corrected chi connectivity index (χ1v) is 9.20. The van der Waals surface area contributed by atoms with E-state index < -0.39 is 0 Å². The molecule has 1 saturated heterocycles. The van der Waals surface area contributed by atoms with E-state index in [0.717, 1.165) is 18.5 Å². The van der Waals surface area contributed by atoms with Crippen LogP contribution in [0.3, 0.4) is 0 Å². The third-order valence-corrected chi connectivity index (χ3v) is 6.04. The number of hydrogen-bond donors (Lipinski definition) is 1. The minimum absolute atomic E-state index is 0.707. The highest BCUT2D eigenvalue weighted by atomic mass is 32.1. The van der Waals surface area contributed by atoms with Crippen LogP contribution >= 0.6 is 11.3 Å². The summed E-state index contributed by atoms with van der Waals surface area (Å²) in [6, 6.07) is 5.89. The molecule has 2 unspecified atom stereocenters. The summed E-state index contributed by atoms with van der Waals surface area (Å²) in [5.41, 5.74) is 0. The minimum atomic E-state index is 0.707. The first-order valence-electron chi connectivity index (χ1n) is 8.33. The summed E-state index contributed by atoms with van der Waals surface area (Å²) >= 11 is 1.90. The van der Waals surface area contributed by atoms with E-state index in [-0.39, 0.29) is 0 Å². The SMILES string of the molecule is CC1CCNC(C2CCCCC2)CN1Cc1cccs1. The van der Waals surface area contributed by atoms with Crippen LogP contribution in [0.25, 0.3) is 0 Å². The van der Waals surface area contributed by atoms with Crippen molar-refractivity contribution >= 4 is 11.3 Å². The van der Waals surface area contributed by atoms with Crippen molar-refractivity contribution < 1.29 is 0 Å². The zero-order valence-corrected chi connectivity index (χ0v) is 13.5. The van der Waals surface area contributed by atoms with Crippen LogP contribution in [0.1, 0.15) is 50.3 Å². The summed E-state index contributed by atoms with van der Waals surface area (Å²) in [5.74, 6) is 0.917. The van der Waals surface area contributed by atoms with Gasteiger partial charge in [-0.2, -0.15) is 0 Å². The highest BCUT2D eigenvalue weighted by Gasteiger charge is 2.29. The lowest BCUT2D eigenvalue weighted by Crippen LogP contribution is -2.44. The van der Waals surface area contributed by atoms with Gasteiger partial charge in [-0.3, -0.25) is 4.90 Å². The van der Waals surface area contributed by atoms with E-state index in [1.54, 1.807) is 0 Å². The number of hydrogen-bond acceptors (Lipinski definition) is 3. The van der Waals surface area contributed by atoms with Crippen LogP contribution in [0.4, 0.5) is 0 Å². The van der Waals surface area contributed by atoms with Crippen molar-refractivity contribution in [2.24, 2.45) is 5.92 Å². The first-order chi connectivity index (χ1) is 9.83. The van der Waals surface area contributed by atoms with Crippen molar-refractivity contribution in [2.75, 3.05) is 13.1 Å². The molecule has 1 aromatic heterocycles. The molecule has 0 radical (unpaired) electrons. The molecule has 112 valence electrons. The fraction of sp³-hybridized carbons (Fsp3) is 0.765. The third kappa shape index (κ3) is 3.63. The molecule has 2 fully saturated rings. The maximum Gasteiger partial charge on any atom is 0.0331 e. The predicted molar refractivity (Wildman–Crippen MR) is 87.2 cm³/mol. The lowest BCUT2D eigenvalue weighted by molar-refractivity contribution is 0.166. The van der Waals surface area contributed by atoms with Crippen molar-refractivity contribution in [3.63, 3.8) is 0 Å². The highest BCUT2D eigenvalue weighted by Crippen LogP contribution is 2.29. The summed E-state index contributed by atoms with van der Waals surface area (Å²) in [6.45, 7) is 5.98. The summed E-state index contributed by atoms with van der Waals surface area (Å²) < 4.78 is 0. The monoisotopic (exact) mass is 292 g/mol. The standard InChI is InChI=1S/C17H28N2S/c1-14-9-10-18-17(15-6-3-2-4-7-15)13-19(14)12-16-8-5-11-20-16/h5,8,11,14-15,17-18H,2-4,6-7,9-10,12-13H2,1H3. The molecular formula is C17H28N2S. The molecule has 1 aliphatic heterocycles. The Bertz CT molecular complexity index is 384. The van der Waals surface area contributed by atoms with Crippen LogP contribution in [0.2, 0.25) is 0 Å². The summed E-state index contributed by atoms with van der Waals surface area (Å²) in [7, 11) is 0. The van der Waals surface area contributed by atoms with Gasteiger partial charge in [-0.1, -0.05) is 25.3 Å². The van der Waals surface area contributed by atoms with Crippen LogP contribution < -0.4 is 5.32 Å². The van der Waals surface area contributed by atoms with Gasteiger partial charge in [0.05, 0.1) is 0 Å². The van der Waals surface area contributed by atoms with E-state index in [2.05, 4.69) is 34.7 Å². The van der Waals surface area contributed by atoms with Crippen molar-refractivity contribution in [1.29, 1.82) is 0 Å². The molecule has 2 heterocycles. The zero-order chi connectivity index (χ0) is 13.8. The van der Waals surface area contributed by atoms with Crippen molar-refractivity contribution in [2.45, 2.75) is 64.1 Å². The molecule has 0 aromatic carbocycles. The normalized spacial score (nSPS) is 30.2. The second kappa shape index (κ2) is 7.06. The van der Waals surface area contributed by atoms with Gasteiger partial charge in [0, 0.05) is 30.1 Å². The Kier molecular flexibility index (Phi) is 5.14. The number of nitrogens with zero attached hydrogens (tertiary/aromatic N) is 1. The largest absolute Gasteiger partial charge is 0.312 e. The molecule has 1 saturated carbocycles. The summed E-state index contributed by atoms with van der Waals surface area (Å²) in [5, 5.41) is 6.06.